The van der Waals surface area contributed by atoms with Crippen molar-refractivity contribution in [2.75, 3.05) is 32.8 Å². The maximum Gasteiger partial charge on any atom is 0.225 e. The molecule has 1 aromatic carbocycles. The lowest BCUT2D eigenvalue weighted by atomic mass is 9.95. The molecule has 2 rings (SSSR count). The molecule has 25 heavy (non-hydrogen) atoms. The molecule has 6 nitrogen and oxygen atoms in total. The number of hydrogen-bond acceptors (Lipinski definition) is 4. The molecule has 3 N–H and O–H groups in total. The number of ether oxygens (including phenoxy) is 1. The second-order valence-corrected chi connectivity index (χ2v) is 6.00. The zero-order valence-corrected chi connectivity index (χ0v) is 15.3. The Balaban J connectivity index is 0.00000312. The summed E-state index contributed by atoms with van der Waals surface area (Å²) in [5, 5.41) is 2.91. The fraction of sp³-hybridized carbons (Fsp3) is 0.556. The van der Waals surface area contributed by atoms with Gasteiger partial charge in [0.05, 0.1) is 13.0 Å². The van der Waals surface area contributed by atoms with Gasteiger partial charge in [-0.2, -0.15) is 0 Å². The van der Waals surface area contributed by atoms with Gasteiger partial charge in [0.2, 0.25) is 11.8 Å². The maximum atomic E-state index is 12.2. The monoisotopic (exact) mass is 369 g/mol. The van der Waals surface area contributed by atoms with Crippen LogP contribution >= 0.6 is 12.4 Å². The molecular weight excluding hydrogens is 342 g/mol. The van der Waals surface area contributed by atoms with Crippen LogP contribution in [0.5, 0.6) is 5.75 Å². The van der Waals surface area contributed by atoms with E-state index < -0.39 is 0 Å². The normalized spacial score (nSPS) is 14.5. The van der Waals surface area contributed by atoms with Crippen molar-refractivity contribution in [1.82, 2.24) is 10.2 Å². The summed E-state index contributed by atoms with van der Waals surface area (Å²) in [6.07, 6.45) is 2.60. The van der Waals surface area contributed by atoms with E-state index in [1.807, 2.05) is 35.2 Å². The molecule has 7 heteroatoms. The van der Waals surface area contributed by atoms with Crippen molar-refractivity contribution in [2.45, 2.75) is 25.7 Å². The van der Waals surface area contributed by atoms with Crippen molar-refractivity contribution >= 4 is 24.2 Å². The van der Waals surface area contributed by atoms with Crippen LogP contribution in [0.4, 0.5) is 0 Å². The number of halogens is 1. The quantitative estimate of drug-likeness (QED) is 0.681. The zero-order valence-electron chi connectivity index (χ0n) is 14.5. The second-order valence-electron chi connectivity index (χ2n) is 6.00. The van der Waals surface area contributed by atoms with E-state index in [2.05, 4.69) is 5.32 Å². The first kappa shape index (κ1) is 21.3. The van der Waals surface area contributed by atoms with Crippen LogP contribution in [-0.2, 0) is 9.59 Å². The standard InChI is InChI=1S/C18H27N3O3.ClH/c19-10-4-11-20-18(23)15-7-12-21(13-8-15)17(22)9-14-24-16-5-2-1-3-6-16;/h1-3,5-6,15H,4,7-14,19H2,(H,20,23);1H. The Morgan fingerprint density at radius 3 is 2.52 bits per heavy atom. The van der Waals surface area contributed by atoms with E-state index in [4.69, 9.17) is 10.5 Å². The van der Waals surface area contributed by atoms with Gasteiger partial charge in [-0.15, -0.1) is 12.4 Å². The molecule has 0 spiro atoms. The Hall–Kier alpha value is -1.79. The number of benzene rings is 1. The van der Waals surface area contributed by atoms with Crippen LogP contribution in [0.15, 0.2) is 30.3 Å². The lowest BCUT2D eigenvalue weighted by Crippen LogP contribution is -2.43. The molecule has 0 saturated carbocycles. The van der Waals surface area contributed by atoms with Crippen molar-refractivity contribution in [3.63, 3.8) is 0 Å². The van der Waals surface area contributed by atoms with Gasteiger partial charge in [0.25, 0.3) is 0 Å². The zero-order chi connectivity index (χ0) is 17.2. The predicted octanol–water partition coefficient (Wildman–Crippen LogP) is 1.58. The van der Waals surface area contributed by atoms with Crippen molar-refractivity contribution in [1.29, 1.82) is 0 Å². The molecule has 1 aromatic rings. The number of carbonyl (C=O) groups excluding carboxylic acids is 2. The van der Waals surface area contributed by atoms with E-state index in [0.717, 1.165) is 25.0 Å². The number of rotatable bonds is 8. The van der Waals surface area contributed by atoms with Gasteiger partial charge in [-0.3, -0.25) is 9.59 Å². The summed E-state index contributed by atoms with van der Waals surface area (Å²) in [7, 11) is 0. The molecule has 0 aromatic heterocycles. The number of nitrogens with one attached hydrogen (secondary N) is 1. The molecule has 1 heterocycles. The van der Waals surface area contributed by atoms with Crippen molar-refractivity contribution < 1.29 is 14.3 Å². The highest BCUT2D eigenvalue weighted by molar-refractivity contribution is 5.85. The minimum Gasteiger partial charge on any atom is -0.493 e. The molecule has 2 amide bonds. The summed E-state index contributed by atoms with van der Waals surface area (Å²) in [5.41, 5.74) is 5.42. The maximum absolute atomic E-state index is 12.2. The molecule has 1 saturated heterocycles. The fourth-order valence-electron chi connectivity index (χ4n) is 2.78. The van der Waals surface area contributed by atoms with E-state index in [1.165, 1.54) is 0 Å². The SMILES string of the molecule is Cl.NCCCNC(=O)C1CCN(C(=O)CCOc2ccccc2)CC1. The van der Waals surface area contributed by atoms with Crippen LogP contribution in [-0.4, -0.2) is 49.5 Å². The van der Waals surface area contributed by atoms with E-state index in [-0.39, 0.29) is 30.1 Å². The first-order chi connectivity index (χ1) is 11.7. The third-order valence-corrected chi connectivity index (χ3v) is 4.23. The number of piperidine rings is 1. The average molecular weight is 370 g/mol. The molecule has 0 aliphatic carbocycles. The summed E-state index contributed by atoms with van der Waals surface area (Å²) in [5.74, 6) is 0.960. The van der Waals surface area contributed by atoms with Gasteiger partial charge in [-0.1, -0.05) is 18.2 Å². The molecule has 0 unspecified atom stereocenters. The molecule has 0 atom stereocenters. The van der Waals surface area contributed by atoms with Gasteiger partial charge in [-0.25, -0.2) is 0 Å². The van der Waals surface area contributed by atoms with Gasteiger partial charge in [0.1, 0.15) is 5.75 Å². The third kappa shape index (κ3) is 7.32. The van der Waals surface area contributed by atoms with E-state index in [1.54, 1.807) is 0 Å². The van der Waals surface area contributed by atoms with E-state index >= 15 is 0 Å². The van der Waals surface area contributed by atoms with E-state index in [0.29, 0.717) is 39.2 Å². The lowest BCUT2D eigenvalue weighted by Gasteiger charge is -2.31. The molecule has 0 bridgehead atoms. The first-order valence-corrected chi connectivity index (χ1v) is 8.64. The number of likely N-dealkylation sites (tertiary alicyclic amines) is 1. The minimum absolute atomic E-state index is 0. The third-order valence-electron chi connectivity index (χ3n) is 4.23. The molecule has 0 radical (unpaired) electrons. The smallest absolute Gasteiger partial charge is 0.225 e. The Morgan fingerprint density at radius 2 is 1.88 bits per heavy atom. The number of nitrogens with two attached hydrogens (primary N) is 1. The Bertz CT molecular complexity index is 520. The van der Waals surface area contributed by atoms with Crippen LogP contribution < -0.4 is 15.8 Å². The minimum atomic E-state index is 0. The second kappa shape index (κ2) is 11.7. The summed E-state index contributed by atoms with van der Waals surface area (Å²) >= 11 is 0. The number of para-hydroxylation sites is 1. The van der Waals surface area contributed by atoms with Crippen LogP contribution in [0, 0.1) is 5.92 Å². The summed E-state index contributed by atoms with van der Waals surface area (Å²) < 4.78 is 5.56. The number of carbonyl (C=O) groups is 2. The Kier molecular flexibility index (Phi) is 9.96. The van der Waals surface area contributed by atoms with Gasteiger partial charge < -0.3 is 20.7 Å². The van der Waals surface area contributed by atoms with Crippen LogP contribution in [0.1, 0.15) is 25.7 Å². The predicted molar refractivity (Wildman–Crippen MR) is 99.8 cm³/mol. The largest absolute Gasteiger partial charge is 0.493 e. The Morgan fingerprint density at radius 1 is 1.20 bits per heavy atom. The fourth-order valence-corrected chi connectivity index (χ4v) is 2.78. The number of amides is 2. The van der Waals surface area contributed by atoms with Gasteiger partial charge in [-0.05, 0) is 37.9 Å². The summed E-state index contributed by atoms with van der Waals surface area (Å²) in [4.78, 5) is 26.0. The van der Waals surface area contributed by atoms with Crippen LogP contribution in [0.3, 0.4) is 0 Å². The topological polar surface area (TPSA) is 84.7 Å². The average Bonchev–Trinajstić information content (AvgIpc) is 2.63. The van der Waals surface area contributed by atoms with Crippen LogP contribution in [0.2, 0.25) is 0 Å². The van der Waals surface area contributed by atoms with E-state index in [9.17, 15) is 9.59 Å². The highest BCUT2D eigenvalue weighted by atomic mass is 35.5. The highest BCUT2D eigenvalue weighted by Crippen LogP contribution is 2.18. The summed E-state index contributed by atoms with van der Waals surface area (Å²) in [6, 6.07) is 9.48. The van der Waals surface area contributed by atoms with Gasteiger partial charge in [0, 0.05) is 25.6 Å². The highest BCUT2D eigenvalue weighted by Gasteiger charge is 2.26. The molecular formula is C18H28ClN3O3. The number of nitrogens with zero attached hydrogens (tertiary/aromatic N) is 1. The van der Waals surface area contributed by atoms with Crippen molar-refractivity contribution in [3.8, 4) is 5.75 Å². The molecule has 140 valence electrons. The lowest BCUT2D eigenvalue weighted by molar-refractivity contribution is -0.136. The van der Waals surface area contributed by atoms with Crippen molar-refractivity contribution in [2.24, 2.45) is 11.7 Å². The summed E-state index contributed by atoms with van der Waals surface area (Å²) in [6.45, 7) is 2.87. The first-order valence-electron chi connectivity index (χ1n) is 8.64. The van der Waals surface area contributed by atoms with Crippen LogP contribution in [0.25, 0.3) is 0 Å². The molecule has 1 aliphatic heterocycles. The molecule has 1 aliphatic rings. The van der Waals surface area contributed by atoms with Crippen molar-refractivity contribution in [3.05, 3.63) is 30.3 Å². The van der Waals surface area contributed by atoms with Gasteiger partial charge >= 0.3 is 0 Å². The molecule has 1 fully saturated rings. The van der Waals surface area contributed by atoms with Gasteiger partial charge in [0.15, 0.2) is 0 Å². The Labute approximate surface area is 155 Å². The number of hydrogen-bond donors (Lipinski definition) is 2.